The maximum absolute atomic E-state index is 10.8. The molecule has 0 unspecified atom stereocenters. The zero-order valence-electron chi connectivity index (χ0n) is 8.78. The molecule has 0 amide bonds. The van der Waals surface area contributed by atoms with E-state index in [1.807, 2.05) is 0 Å². The fourth-order valence-electron chi connectivity index (χ4n) is 1.31. The summed E-state index contributed by atoms with van der Waals surface area (Å²) in [6.07, 6.45) is 2.60. The Balaban J connectivity index is 2.76. The van der Waals surface area contributed by atoms with Crippen molar-refractivity contribution < 1.29 is 4.92 Å². The largest absolute Gasteiger partial charge is 0.312 e. The molecule has 1 aromatic carbocycles. The molecule has 0 fully saturated rings. The van der Waals surface area contributed by atoms with E-state index in [-0.39, 0.29) is 5.69 Å². The number of nitro benzene ring substituents is 1. The summed E-state index contributed by atoms with van der Waals surface area (Å²) < 4.78 is 0. The third kappa shape index (κ3) is 3.32. The van der Waals surface area contributed by atoms with Crippen LogP contribution in [-0.2, 0) is 6.54 Å². The highest BCUT2D eigenvalue weighted by atomic mass is 35.5. The first kappa shape index (κ1) is 12.7. The molecule has 5 heteroatoms. The van der Waals surface area contributed by atoms with E-state index in [4.69, 9.17) is 11.6 Å². The van der Waals surface area contributed by atoms with Gasteiger partial charge in [0.1, 0.15) is 0 Å². The molecule has 0 aromatic heterocycles. The predicted molar refractivity (Wildman–Crippen MR) is 64.6 cm³/mol. The van der Waals surface area contributed by atoms with Crippen LogP contribution in [0, 0.1) is 10.1 Å². The monoisotopic (exact) mass is 240 g/mol. The van der Waals surface area contributed by atoms with Gasteiger partial charge in [-0.2, -0.15) is 0 Å². The van der Waals surface area contributed by atoms with E-state index in [1.54, 1.807) is 18.2 Å². The molecule has 86 valence electrons. The topological polar surface area (TPSA) is 55.2 Å². The average Bonchev–Trinajstić information content (AvgIpc) is 2.25. The van der Waals surface area contributed by atoms with Crippen LogP contribution in [0.25, 0.3) is 0 Å². The molecule has 1 N–H and O–H groups in total. The normalized spacial score (nSPS) is 10.1. The molecule has 0 aliphatic heterocycles. The molecule has 0 radical (unpaired) electrons. The maximum Gasteiger partial charge on any atom is 0.275 e. The summed E-state index contributed by atoms with van der Waals surface area (Å²) in [5, 5.41) is 14.3. The molecule has 0 heterocycles. The van der Waals surface area contributed by atoms with Crippen molar-refractivity contribution in [3.05, 3.63) is 51.6 Å². The number of rotatable bonds is 6. The summed E-state index contributed by atoms with van der Waals surface area (Å²) in [6, 6.07) is 4.68. The van der Waals surface area contributed by atoms with E-state index in [0.717, 1.165) is 13.0 Å². The summed E-state index contributed by atoms with van der Waals surface area (Å²) in [5.74, 6) is 0. The Morgan fingerprint density at radius 3 is 2.94 bits per heavy atom. The van der Waals surface area contributed by atoms with Crippen LogP contribution in [0.2, 0.25) is 5.02 Å². The van der Waals surface area contributed by atoms with Crippen LogP contribution in [0.3, 0.4) is 0 Å². The Labute approximate surface area is 99.1 Å². The molecule has 0 atom stereocenters. The fraction of sp³-hybridized carbons (Fsp3) is 0.273. The molecule has 0 spiro atoms. The standard InChI is InChI=1S/C11H13ClN2O2/c1-2-3-7-13-8-9-10(12)5-4-6-11(9)14(15)16/h2,4-6,13H,1,3,7-8H2. The number of halogens is 1. The first-order valence-electron chi connectivity index (χ1n) is 4.90. The van der Waals surface area contributed by atoms with Crippen molar-refractivity contribution in [2.45, 2.75) is 13.0 Å². The Morgan fingerprint density at radius 2 is 2.31 bits per heavy atom. The fourth-order valence-corrected chi connectivity index (χ4v) is 1.55. The Kier molecular flexibility index (Phi) is 4.95. The molecule has 0 bridgehead atoms. The lowest BCUT2D eigenvalue weighted by atomic mass is 10.2. The predicted octanol–water partition coefficient (Wildman–Crippen LogP) is 2.91. The minimum absolute atomic E-state index is 0.0543. The van der Waals surface area contributed by atoms with Crippen molar-refractivity contribution in [1.82, 2.24) is 5.32 Å². The first-order valence-corrected chi connectivity index (χ1v) is 5.28. The van der Waals surface area contributed by atoms with E-state index in [1.165, 1.54) is 6.07 Å². The number of hydrogen-bond acceptors (Lipinski definition) is 3. The minimum Gasteiger partial charge on any atom is -0.312 e. The molecular formula is C11H13ClN2O2. The number of nitrogens with zero attached hydrogens (tertiary/aromatic N) is 1. The van der Waals surface area contributed by atoms with Gasteiger partial charge in [0.15, 0.2) is 0 Å². The minimum atomic E-state index is -0.420. The van der Waals surface area contributed by atoms with Gasteiger partial charge in [-0.25, -0.2) is 0 Å². The summed E-state index contributed by atoms with van der Waals surface area (Å²) in [4.78, 5) is 10.3. The molecule has 0 saturated heterocycles. The zero-order chi connectivity index (χ0) is 12.0. The highest BCUT2D eigenvalue weighted by molar-refractivity contribution is 6.31. The van der Waals surface area contributed by atoms with Crippen molar-refractivity contribution in [2.75, 3.05) is 6.54 Å². The lowest BCUT2D eigenvalue weighted by Gasteiger charge is -2.06. The number of nitro groups is 1. The van der Waals surface area contributed by atoms with Crippen LogP contribution >= 0.6 is 11.6 Å². The summed E-state index contributed by atoms with van der Waals surface area (Å²) in [6.45, 7) is 4.72. The third-order valence-electron chi connectivity index (χ3n) is 2.12. The van der Waals surface area contributed by atoms with E-state index >= 15 is 0 Å². The zero-order valence-corrected chi connectivity index (χ0v) is 9.54. The van der Waals surface area contributed by atoms with Crippen molar-refractivity contribution >= 4 is 17.3 Å². The SMILES string of the molecule is C=CCCNCc1c(Cl)cccc1[N+](=O)[O-]. The molecule has 16 heavy (non-hydrogen) atoms. The summed E-state index contributed by atoms with van der Waals surface area (Å²) >= 11 is 5.92. The van der Waals surface area contributed by atoms with E-state index in [0.29, 0.717) is 17.1 Å². The third-order valence-corrected chi connectivity index (χ3v) is 2.47. The lowest BCUT2D eigenvalue weighted by molar-refractivity contribution is -0.385. The molecule has 0 aliphatic rings. The van der Waals surface area contributed by atoms with Gasteiger partial charge in [-0.05, 0) is 19.0 Å². The van der Waals surface area contributed by atoms with Crippen LogP contribution in [-0.4, -0.2) is 11.5 Å². The molecule has 1 aromatic rings. The van der Waals surface area contributed by atoms with Crippen LogP contribution < -0.4 is 5.32 Å². The van der Waals surface area contributed by atoms with Crippen molar-refractivity contribution in [3.8, 4) is 0 Å². The van der Waals surface area contributed by atoms with Crippen LogP contribution in [0.15, 0.2) is 30.9 Å². The van der Waals surface area contributed by atoms with Gasteiger partial charge in [0.05, 0.1) is 15.5 Å². The Morgan fingerprint density at radius 1 is 1.56 bits per heavy atom. The summed E-state index contributed by atoms with van der Waals surface area (Å²) in [7, 11) is 0. The van der Waals surface area contributed by atoms with Crippen LogP contribution in [0.5, 0.6) is 0 Å². The smallest absolute Gasteiger partial charge is 0.275 e. The Bertz CT molecular complexity index is 394. The van der Waals surface area contributed by atoms with Gasteiger partial charge in [-0.1, -0.05) is 23.7 Å². The second-order valence-corrected chi connectivity index (χ2v) is 3.66. The van der Waals surface area contributed by atoms with Crippen molar-refractivity contribution in [1.29, 1.82) is 0 Å². The Hall–Kier alpha value is -1.39. The number of hydrogen-bond donors (Lipinski definition) is 1. The van der Waals surface area contributed by atoms with Gasteiger partial charge in [0, 0.05) is 12.6 Å². The van der Waals surface area contributed by atoms with E-state index < -0.39 is 4.92 Å². The van der Waals surface area contributed by atoms with Crippen LogP contribution in [0.4, 0.5) is 5.69 Å². The molecule has 0 saturated carbocycles. The highest BCUT2D eigenvalue weighted by Gasteiger charge is 2.15. The molecular weight excluding hydrogens is 228 g/mol. The lowest BCUT2D eigenvalue weighted by Crippen LogP contribution is -2.15. The van der Waals surface area contributed by atoms with Gasteiger partial charge < -0.3 is 5.32 Å². The van der Waals surface area contributed by atoms with Gasteiger partial charge in [0.2, 0.25) is 0 Å². The van der Waals surface area contributed by atoms with Gasteiger partial charge >= 0.3 is 0 Å². The van der Waals surface area contributed by atoms with Crippen LogP contribution in [0.1, 0.15) is 12.0 Å². The quantitative estimate of drug-likeness (QED) is 0.360. The molecule has 1 rings (SSSR count). The van der Waals surface area contributed by atoms with Gasteiger partial charge in [-0.3, -0.25) is 10.1 Å². The molecule has 4 nitrogen and oxygen atoms in total. The average molecular weight is 241 g/mol. The number of benzene rings is 1. The van der Waals surface area contributed by atoms with Crippen molar-refractivity contribution in [2.24, 2.45) is 0 Å². The second kappa shape index (κ2) is 6.25. The summed E-state index contributed by atoms with van der Waals surface area (Å²) in [5.41, 5.74) is 0.580. The van der Waals surface area contributed by atoms with Crippen molar-refractivity contribution in [3.63, 3.8) is 0 Å². The van der Waals surface area contributed by atoms with Gasteiger partial charge in [-0.15, -0.1) is 6.58 Å². The van der Waals surface area contributed by atoms with Gasteiger partial charge in [0.25, 0.3) is 5.69 Å². The highest BCUT2D eigenvalue weighted by Crippen LogP contribution is 2.25. The molecule has 0 aliphatic carbocycles. The maximum atomic E-state index is 10.8. The second-order valence-electron chi connectivity index (χ2n) is 3.25. The van der Waals surface area contributed by atoms with E-state index in [9.17, 15) is 10.1 Å². The van der Waals surface area contributed by atoms with E-state index in [2.05, 4.69) is 11.9 Å². The number of nitrogens with one attached hydrogen (secondary N) is 1. The first-order chi connectivity index (χ1) is 7.66.